The predicted octanol–water partition coefficient (Wildman–Crippen LogP) is 0.804. The van der Waals surface area contributed by atoms with Crippen LogP contribution in [0.4, 0.5) is 0 Å². The average molecular weight is 413 g/mol. The van der Waals surface area contributed by atoms with Gasteiger partial charge in [-0.15, -0.1) is 5.10 Å². The third-order valence-electron chi connectivity index (χ3n) is 3.93. The molecule has 2 aromatic rings. The number of rotatable bonds is 5. The van der Waals surface area contributed by atoms with Crippen molar-refractivity contribution in [3.8, 4) is 0 Å². The van der Waals surface area contributed by atoms with E-state index in [-0.39, 0.29) is 11.8 Å². The molecular formula is C16H17ClN4O7. The second-order valence-corrected chi connectivity index (χ2v) is 6.38. The Bertz CT molecular complexity index is 918. The summed E-state index contributed by atoms with van der Waals surface area (Å²) in [4.78, 5) is 38.4. The molecule has 2 aromatic heterocycles. The highest BCUT2D eigenvalue weighted by Gasteiger charge is 2.51. The number of pyridine rings is 1. The van der Waals surface area contributed by atoms with Crippen LogP contribution in [0.1, 0.15) is 27.0 Å². The highest BCUT2D eigenvalue weighted by atomic mass is 35.5. The first kappa shape index (κ1) is 20.0. The standard InChI is InChI=1S/C16H17ClN4O7/c1-7(22)25-6-11-13(26-8(2)23)14(27-9(3)24)16(28-11)21-10-4-5-18-15(17)12(10)19-20-21/h4-5,11,13-14,16H,6H2,1-3H3/t11-,13?,14?,16-/m1/s1. The Morgan fingerprint density at radius 2 is 1.82 bits per heavy atom. The van der Waals surface area contributed by atoms with Crippen molar-refractivity contribution in [2.45, 2.75) is 45.3 Å². The van der Waals surface area contributed by atoms with Crippen LogP contribution in [-0.2, 0) is 33.3 Å². The van der Waals surface area contributed by atoms with Crippen LogP contribution >= 0.6 is 11.6 Å². The van der Waals surface area contributed by atoms with Crippen LogP contribution in [0.25, 0.3) is 11.0 Å². The van der Waals surface area contributed by atoms with E-state index in [1.165, 1.54) is 31.6 Å². The van der Waals surface area contributed by atoms with Crippen molar-refractivity contribution in [1.82, 2.24) is 20.0 Å². The normalized spacial score (nSPS) is 24.1. The third kappa shape index (κ3) is 4.04. The molecule has 28 heavy (non-hydrogen) atoms. The van der Waals surface area contributed by atoms with E-state index in [2.05, 4.69) is 15.3 Å². The van der Waals surface area contributed by atoms with Gasteiger partial charge in [-0.05, 0) is 6.07 Å². The molecule has 0 N–H and O–H groups in total. The number of hydrogen-bond donors (Lipinski definition) is 0. The van der Waals surface area contributed by atoms with Gasteiger partial charge in [-0.25, -0.2) is 9.67 Å². The van der Waals surface area contributed by atoms with E-state index in [1.807, 2.05) is 0 Å². The molecule has 1 aliphatic rings. The number of esters is 3. The van der Waals surface area contributed by atoms with E-state index >= 15 is 0 Å². The average Bonchev–Trinajstić information content (AvgIpc) is 3.16. The quantitative estimate of drug-likeness (QED) is 0.394. The van der Waals surface area contributed by atoms with E-state index in [0.29, 0.717) is 11.0 Å². The molecule has 2 unspecified atom stereocenters. The number of carbonyl (C=O) groups excluding carboxylic acids is 3. The Hall–Kier alpha value is -2.79. The molecule has 0 spiro atoms. The lowest BCUT2D eigenvalue weighted by Crippen LogP contribution is -2.40. The van der Waals surface area contributed by atoms with E-state index in [9.17, 15) is 14.4 Å². The Morgan fingerprint density at radius 1 is 1.14 bits per heavy atom. The molecule has 1 saturated heterocycles. The summed E-state index contributed by atoms with van der Waals surface area (Å²) in [6.07, 6.45) is -2.52. The van der Waals surface area contributed by atoms with Crippen molar-refractivity contribution >= 4 is 40.5 Å². The van der Waals surface area contributed by atoms with Gasteiger partial charge < -0.3 is 18.9 Å². The van der Waals surface area contributed by atoms with Crippen LogP contribution in [-0.4, -0.2) is 62.8 Å². The maximum absolute atomic E-state index is 11.7. The van der Waals surface area contributed by atoms with E-state index in [4.69, 9.17) is 30.5 Å². The van der Waals surface area contributed by atoms with Crippen molar-refractivity contribution in [2.24, 2.45) is 0 Å². The lowest BCUT2D eigenvalue weighted by Gasteiger charge is -2.23. The number of halogens is 1. The number of fused-ring (bicyclic) bond motifs is 1. The van der Waals surface area contributed by atoms with Gasteiger partial charge in [0.15, 0.2) is 29.1 Å². The van der Waals surface area contributed by atoms with Gasteiger partial charge in [-0.3, -0.25) is 14.4 Å². The summed E-state index contributed by atoms with van der Waals surface area (Å²) >= 11 is 6.03. The minimum absolute atomic E-state index is 0.138. The summed E-state index contributed by atoms with van der Waals surface area (Å²) in [5.74, 6) is -1.77. The van der Waals surface area contributed by atoms with Crippen LogP contribution < -0.4 is 0 Å². The van der Waals surface area contributed by atoms with Gasteiger partial charge in [0.2, 0.25) is 0 Å². The molecule has 1 aliphatic heterocycles. The Kier molecular flexibility index (Phi) is 5.75. The molecule has 11 nitrogen and oxygen atoms in total. The summed E-state index contributed by atoms with van der Waals surface area (Å²) in [7, 11) is 0. The van der Waals surface area contributed by atoms with Gasteiger partial charge in [0, 0.05) is 27.0 Å². The molecule has 0 bridgehead atoms. The Morgan fingerprint density at radius 3 is 2.46 bits per heavy atom. The zero-order valence-corrected chi connectivity index (χ0v) is 16.0. The highest BCUT2D eigenvalue weighted by Crippen LogP contribution is 2.36. The lowest BCUT2D eigenvalue weighted by atomic mass is 10.1. The molecule has 0 saturated carbocycles. The fraction of sp³-hybridized carbons (Fsp3) is 0.500. The minimum Gasteiger partial charge on any atom is -0.463 e. The second kappa shape index (κ2) is 8.07. The summed E-state index contributed by atoms with van der Waals surface area (Å²) in [6, 6.07) is 1.61. The molecule has 12 heteroatoms. The third-order valence-corrected chi connectivity index (χ3v) is 4.20. The summed E-state index contributed by atoms with van der Waals surface area (Å²) in [5, 5.41) is 8.12. The minimum atomic E-state index is -1.06. The van der Waals surface area contributed by atoms with Crippen LogP contribution in [0.3, 0.4) is 0 Å². The van der Waals surface area contributed by atoms with E-state index in [1.54, 1.807) is 6.07 Å². The van der Waals surface area contributed by atoms with Crippen molar-refractivity contribution in [3.05, 3.63) is 17.4 Å². The van der Waals surface area contributed by atoms with Crippen LogP contribution in [0.5, 0.6) is 0 Å². The van der Waals surface area contributed by atoms with Crippen LogP contribution in [0, 0.1) is 0 Å². The molecule has 150 valence electrons. The van der Waals surface area contributed by atoms with Crippen LogP contribution in [0.15, 0.2) is 12.3 Å². The molecule has 0 amide bonds. The molecule has 0 aromatic carbocycles. The summed E-state index contributed by atoms with van der Waals surface area (Å²) < 4.78 is 22.9. The maximum atomic E-state index is 11.7. The monoisotopic (exact) mass is 412 g/mol. The number of carbonyl (C=O) groups is 3. The molecular weight excluding hydrogens is 396 g/mol. The van der Waals surface area contributed by atoms with E-state index in [0.717, 1.165) is 0 Å². The van der Waals surface area contributed by atoms with Gasteiger partial charge in [-0.1, -0.05) is 16.8 Å². The summed E-state index contributed by atoms with van der Waals surface area (Å²) in [5.41, 5.74) is 0.790. The number of nitrogens with zero attached hydrogens (tertiary/aromatic N) is 4. The maximum Gasteiger partial charge on any atom is 0.303 e. The predicted molar refractivity (Wildman–Crippen MR) is 92.0 cm³/mol. The van der Waals surface area contributed by atoms with Crippen LogP contribution in [0.2, 0.25) is 5.15 Å². The summed E-state index contributed by atoms with van der Waals surface area (Å²) in [6.45, 7) is 3.44. The van der Waals surface area contributed by atoms with Gasteiger partial charge in [0.1, 0.15) is 12.7 Å². The Balaban J connectivity index is 2.01. The topological polar surface area (TPSA) is 132 Å². The first-order chi connectivity index (χ1) is 13.3. The molecule has 1 fully saturated rings. The first-order valence-electron chi connectivity index (χ1n) is 8.26. The molecule has 3 heterocycles. The SMILES string of the molecule is CC(=O)OC[C@H]1O[C@@H](n2nnc3c(Cl)nccc32)C(OC(C)=O)C1OC(C)=O. The fourth-order valence-corrected chi connectivity index (χ4v) is 3.11. The van der Waals surface area contributed by atoms with Gasteiger partial charge in [0.25, 0.3) is 0 Å². The molecule has 4 atom stereocenters. The number of aromatic nitrogens is 4. The van der Waals surface area contributed by atoms with Gasteiger partial charge >= 0.3 is 17.9 Å². The van der Waals surface area contributed by atoms with Gasteiger partial charge in [-0.2, -0.15) is 0 Å². The second-order valence-electron chi connectivity index (χ2n) is 6.02. The fourth-order valence-electron chi connectivity index (χ4n) is 2.92. The van der Waals surface area contributed by atoms with Crippen molar-refractivity contribution < 1.29 is 33.3 Å². The van der Waals surface area contributed by atoms with Gasteiger partial charge in [0.05, 0.1) is 5.52 Å². The van der Waals surface area contributed by atoms with E-state index < -0.39 is 42.4 Å². The Labute approximate surface area is 163 Å². The first-order valence-corrected chi connectivity index (χ1v) is 8.64. The smallest absolute Gasteiger partial charge is 0.303 e. The largest absolute Gasteiger partial charge is 0.463 e. The molecule has 3 rings (SSSR count). The lowest BCUT2D eigenvalue weighted by molar-refractivity contribution is -0.166. The molecule has 0 aliphatic carbocycles. The zero-order chi connectivity index (χ0) is 20.4. The molecule has 0 radical (unpaired) electrons. The highest BCUT2D eigenvalue weighted by molar-refractivity contribution is 6.33. The van der Waals surface area contributed by atoms with Crippen molar-refractivity contribution in [1.29, 1.82) is 0 Å². The number of hydrogen-bond acceptors (Lipinski definition) is 10. The zero-order valence-electron chi connectivity index (χ0n) is 15.2. The van der Waals surface area contributed by atoms with Crippen molar-refractivity contribution in [3.63, 3.8) is 0 Å². The number of ether oxygens (including phenoxy) is 4. The van der Waals surface area contributed by atoms with Crippen molar-refractivity contribution in [2.75, 3.05) is 6.61 Å².